The number of nitrogens with two attached hydrogens (primary N) is 1. The molecule has 0 aliphatic heterocycles. The molecule has 0 amide bonds. The molecule has 0 fully saturated rings. The lowest BCUT2D eigenvalue weighted by Crippen LogP contribution is -2.33. The zero-order valence-corrected chi connectivity index (χ0v) is 12.2. The minimum absolute atomic E-state index is 0.0693. The highest BCUT2D eigenvalue weighted by molar-refractivity contribution is 5.27. The summed E-state index contributed by atoms with van der Waals surface area (Å²) in [6.45, 7) is 8.35. The van der Waals surface area contributed by atoms with Crippen molar-refractivity contribution in [3.05, 3.63) is 52.8 Å². The molecule has 3 nitrogen and oxygen atoms in total. The number of aryl methyl sites for hydroxylation is 3. The van der Waals surface area contributed by atoms with E-state index in [0.717, 1.165) is 17.8 Å². The average Bonchev–Trinajstić information content (AvgIpc) is 2.69. The Balaban J connectivity index is 2.50. The van der Waals surface area contributed by atoms with E-state index < -0.39 is 0 Å². The first-order valence-corrected chi connectivity index (χ1v) is 6.87. The van der Waals surface area contributed by atoms with Crippen LogP contribution < -0.4 is 5.73 Å². The van der Waals surface area contributed by atoms with Crippen molar-refractivity contribution in [2.24, 2.45) is 5.73 Å². The molecule has 0 aliphatic rings. The van der Waals surface area contributed by atoms with E-state index >= 15 is 0 Å². The minimum Gasteiger partial charge on any atom is -0.326 e. The molecular weight excluding hydrogens is 234 g/mol. The Hall–Kier alpha value is -1.61. The Morgan fingerprint density at radius 3 is 2.47 bits per heavy atom. The van der Waals surface area contributed by atoms with Crippen molar-refractivity contribution in [2.45, 2.75) is 46.2 Å². The van der Waals surface area contributed by atoms with Crippen LogP contribution in [0.3, 0.4) is 0 Å². The molecule has 2 rings (SSSR count). The van der Waals surface area contributed by atoms with E-state index in [-0.39, 0.29) is 12.1 Å². The second kappa shape index (κ2) is 5.57. The van der Waals surface area contributed by atoms with Gasteiger partial charge in [-0.1, -0.05) is 36.8 Å². The van der Waals surface area contributed by atoms with Crippen LogP contribution in [0.1, 0.15) is 41.9 Å². The maximum absolute atomic E-state index is 6.35. The van der Waals surface area contributed by atoms with Crippen LogP contribution in [-0.4, -0.2) is 15.8 Å². The van der Waals surface area contributed by atoms with Gasteiger partial charge in [-0.05, 0) is 38.8 Å². The van der Waals surface area contributed by atoms with E-state index in [4.69, 9.17) is 5.73 Å². The maximum Gasteiger partial charge on any atom is 0.0922 e. The Kier molecular flexibility index (Phi) is 4.05. The number of rotatable bonds is 4. The van der Waals surface area contributed by atoms with Crippen LogP contribution >= 0.6 is 0 Å². The summed E-state index contributed by atoms with van der Waals surface area (Å²) in [4.78, 5) is 0. The predicted molar refractivity (Wildman–Crippen MR) is 79.3 cm³/mol. The topological polar surface area (TPSA) is 43.8 Å². The van der Waals surface area contributed by atoms with E-state index in [2.05, 4.69) is 60.9 Å². The van der Waals surface area contributed by atoms with Gasteiger partial charge in [0.15, 0.2) is 0 Å². The Morgan fingerprint density at radius 2 is 1.95 bits per heavy atom. The van der Waals surface area contributed by atoms with Gasteiger partial charge >= 0.3 is 0 Å². The van der Waals surface area contributed by atoms with E-state index in [1.54, 1.807) is 0 Å². The third kappa shape index (κ3) is 2.87. The standard InChI is InChI=1S/C16H23N3/c1-5-15(17)16(14-8-6-7-11(2)9-14)19-13(4)10-12(3)18-19/h6-10,15-16H,5,17H2,1-4H3. The van der Waals surface area contributed by atoms with Crippen molar-refractivity contribution >= 4 is 0 Å². The molecule has 2 N–H and O–H groups in total. The smallest absolute Gasteiger partial charge is 0.0922 e. The molecule has 2 atom stereocenters. The quantitative estimate of drug-likeness (QED) is 0.914. The predicted octanol–water partition coefficient (Wildman–Crippen LogP) is 3.14. The van der Waals surface area contributed by atoms with Crippen LogP contribution in [0.4, 0.5) is 0 Å². The molecule has 19 heavy (non-hydrogen) atoms. The van der Waals surface area contributed by atoms with Gasteiger partial charge in [-0.3, -0.25) is 4.68 Å². The number of nitrogens with zero attached hydrogens (tertiary/aromatic N) is 2. The molecule has 0 bridgehead atoms. The van der Waals surface area contributed by atoms with Crippen LogP contribution in [0.25, 0.3) is 0 Å². The lowest BCUT2D eigenvalue weighted by atomic mass is 9.96. The largest absolute Gasteiger partial charge is 0.326 e. The van der Waals surface area contributed by atoms with Crippen LogP contribution in [-0.2, 0) is 0 Å². The van der Waals surface area contributed by atoms with Crippen molar-refractivity contribution in [1.82, 2.24) is 9.78 Å². The highest BCUT2D eigenvalue weighted by atomic mass is 15.3. The second-order valence-corrected chi connectivity index (χ2v) is 5.30. The third-order valence-electron chi connectivity index (χ3n) is 3.57. The monoisotopic (exact) mass is 257 g/mol. The van der Waals surface area contributed by atoms with Gasteiger partial charge in [0.2, 0.25) is 0 Å². The second-order valence-electron chi connectivity index (χ2n) is 5.30. The summed E-state index contributed by atoms with van der Waals surface area (Å²) in [6.07, 6.45) is 0.928. The van der Waals surface area contributed by atoms with Gasteiger partial charge in [-0.25, -0.2) is 0 Å². The summed E-state index contributed by atoms with van der Waals surface area (Å²) in [5, 5.41) is 4.62. The molecule has 2 unspecified atom stereocenters. The van der Waals surface area contributed by atoms with Gasteiger partial charge in [-0.2, -0.15) is 5.10 Å². The van der Waals surface area contributed by atoms with E-state index in [0.29, 0.717) is 0 Å². The molecular formula is C16H23N3. The van der Waals surface area contributed by atoms with Crippen molar-refractivity contribution in [3.8, 4) is 0 Å². The number of hydrogen-bond acceptors (Lipinski definition) is 2. The van der Waals surface area contributed by atoms with Crippen LogP contribution in [0.15, 0.2) is 30.3 Å². The van der Waals surface area contributed by atoms with Crippen molar-refractivity contribution < 1.29 is 0 Å². The lowest BCUT2D eigenvalue weighted by molar-refractivity contribution is 0.415. The maximum atomic E-state index is 6.35. The van der Waals surface area contributed by atoms with Crippen molar-refractivity contribution in [1.29, 1.82) is 0 Å². The molecule has 0 radical (unpaired) electrons. The first-order valence-electron chi connectivity index (χ1n) is 6.87. The Bertz CT molecular complexity index is 557. The lowest BCUT2D eigenvalue weighted by Gasteiger charge is -2.25. The van der Waals surface area contributed by atoms with Gasteiger partial charge < -0.3 is 5.73 Å². The zero-order valence-electron chi connectivity index (χ0n) is 12.2. The van der Waals surface area contributed by atoms with Crippen LogP contribution in [0.2, 0.25) is 0 Å². The number of benzene rings is 1. The molecule has 2 aromatic rings. The Morgan fingerprint density at radius 1 is 1.21 bits per heavy atom. The molecule has 0 aliphatic carbocycles. The SMILES string of the molecule is CCC(N)C(c1cccc(C)c1)n1nc(C)cc1C. The van der Waals surface area contributed by atoms with Crippen molar-refractivity contribution in [2.75, 3.05) is 0 Å². The van der Waals surface area contributed by atoms with Gasteiger partial charge in [0.05, 0.1) is 11.7 Å². The summed E-state index contributed by atoms with van der Waals surface area (Å²) in [5.74, 6) is 0. The minimum atomic E-state index is 0.0693. The van der Waals surface area contributed by atoms with Gasteiger partial charge in [-0.15, -0.1) is 0 Å². The molecule has 0 saturated carbocycles. The number of hydrogen-bond donors (Lipinski definition) is 1. The fraction of sp³-hybridized carbons (Fsp3) is 0.438. The summed E-state index contributed by atoms with van der Waals surface area (Å²) in [5.41, 5.74) is 11.0. The van der Waals surface area contributed by atoms with Gasteiger partial charge in [0.25, 0.3) is 0 Å². The molecule has 102 valence electrons. The highest BCUT2D eigenvalue weighted by Crippen LogP contribution is 2.25. The average molecular weight is 257 g/mol. The summed E-state index contributed by atoms with van der Waals surface area (Å²) < 4.78 is 2.07. The third-order valence-corrected chi connectivity index (χ3v) is 3.57. The van der Waals surface area contributed by atoms with E-state index in [1.807, 2.05) is 6.92 Å². The number of aromatic nitrogens is 2. The summed E-state index contributed by atoms with van der Waals surface area (Å²) in [6, 6.07) is 10.8. The Labute approximate surface area is 115 Å². The zero-order chi connectivity index (χ0) is 14.0. The molecule has 0 spiro atoms. The first-order chi connectivity index (χ1) is 9.02. The van der Waals surface area contributed by atoms with Crippen LogP contribution in [0, 0.1) is 20.8 Å². The van der Waals surface area contributed by atoms with Crippen LogP contribution in [0.5, 0.6) is 0 Å². The van der Waals surface area contributed by atoms with Gasteiger partial charge in [0.1, 0.15) is 0 Å². The molecule has 0 saturated heterocycles. The first kappa shape index (κ1) is 13.8. The molecule has 1 heterocycles. The van der Waals surface area contributed by atoms with Crippen molar-refractivity contribution in [3.63, 3.8) is 0 Å². The molecule has 1 aromatic heterocycles. The summed E-state index contributed by atoms with van der Waals surface area (Å²) in [7, 11) is 0. The normalized spacial score (nSPS) is 14.4. The van der Waals surface area contributed by atoms with E-state index in [1.165, 1.54) is 11.1 Å². The van der Waals surface area contributed by atoms with Gasteiger partial charge in [0, 0.05) is 11.7 Å². The highest BCUT2D eigenvalue weighted by Gasteiger charge is 2.22. The molecule has 3 heteroatoms. The fourth-order valence-electron chi connectivity index (χ4n) is 2.57. The fourth-order valence-corrected chi connectivity index (χ4v) is 2.57. The molecule has 1 aromatic carbocycles. The van der Waals surface area contributed by atoms with E-state index in [9.17, 15) is 0 Å². The summed E-state index contributed by atoms with van der Waals surface area (Å²) >= 11 is 0.